The molecule has 2 aromatic carbocycles. The minimum atomic E-state index is -3.84. The highest BCUT2D eigenvalue weighted by molar-refractivity contribution is 7.92. The van der Waals surface area contributed by atoms with Gasteiger partial charge in [-0.2, -0.15) is 0 Å². The third kappa shape index (κ3) is 4.23. The van der Waals surface area contributed by atoms with Gasteiger partial charge in [0.1, 0.15) is 5.75 Å². The number of rotatable bonds is 5. The van der Waals surface area contributed by atoms with Crippen LogP contribution in [-0.4, -0.2) is 38.6 Å². The standard InChI is InChI=1S/C20H21ClN4O3S/c1-28-15-7-10-17-18(13-15)23-20(25-11-3-2-4-12-25)19(22-17)24-29(26,27)16-8-5-14(21)6-9-16/h5-10,13H,2-4,11-12H2,1H3,(H,22,24). The highest BCUT2D eigenvalue weighted by Crippen LogP contribution is 2.30. The van der Waals surface area contributed by atoms with Crippen molar-refractivity contribution in [3.63, 3.8) is 0 Å². The van der Waals surface area contributed by atoms with E-state index in [-0.39, 0.29) is 10.7 Å². The average molecular weight is 433 g/mol. The first kappa shape index (κ1) is 19.7. The second kappa shape index (κ2) is 8.04. The fourth-order valence-corrected chi connectivity index (χ4v) is 4.48. The molecule has 0 unspecified atom stereocenters. The van der Waals surface area contributed by atoms with E-state index in [0.717, 1.165) is 32.4 Å². The van der Waals surface area contributed by atoms with Gasteiger partial charge < -0.3 is 9.64 Å². The summed E-state index contributed by atoms with van der Waals surface area (Å²) in [5.41, 5.74) is 1.24. The van der Waals surface area contributed by atoms with Crippen LogP contribution in [0.15, 0.2) is 47.4 Å². The van der Waals surface area contributed by atoms with Gasteiger partial charge in [0.25, 0.3) is 10.0 Å². The van der Waals surface area contributed by atoms with Gasteiger partial charge in [-0.1, -0.05) is 11.6 Å². The van der Waals surface area contributed by atoms with Gasteiger partial charge in [-0.15, -0.1) is 0 Å². The lowest BCUT2D eigenvalue weighted by Crippen LogP contribution is -2.31. The number of anilines is 2. The van der Waals surface area contributed by atoms with Crippen molar-refractivity contribution in [3.05, 3.63) is 47.5 Å². The zero-order chi connectivity index (χ0) is 20.4. The van der Waals surface area contributed by atoms with Crippen LogP contribution >= 0.6 is 11.6 Å². The Balaban J connectivity index is 1.79. The molecule has 9 heteroatoms. The van der Waals surface area contributed by atoms with E-state index >= 15 is 0 Å². The highest BCUT2D eigenvalue weighted by Gasteiger charge is 2.23. The second-order valence-corrected chi connectivity index (χ2v) is 8.98. The van der Waals surface area contributed by atoms with Crippen LogP contribution in [0.1, 0.15) is 19.3 Å². The Kier molecular flexibility index (Phi) is 5.47. The molecule has 0 atom stereocenters. The molecule has 2 heterocycles. The number of piperidine rings is 1. The molecule has 0 amide bonds. The van der Waals surface area contributed by atoms with Crippen molar-refractivity contribution < 1.29 is 13.2 Å². The molecule has 0 aliphatic carbocycles. The molecule has 4 rings (SSSR count). The maximum absolute atomic E-state index is 12.9. The zero-order valence-electron chi connectivity index (χ0n) is 15.9. The Bertz CT molecular complexity index is 1130. The summed E-state index contributed by atoms with van der Waals surface area (Å²) in [6.45, 7) is 1.61. The van der Waals surface area contributed by atoms with Crippen LogP contribution < -0.4 is 14.4 Å². The molecule has 29 heavy (non-hydrogen) atoms. The lowest BCUT2D eigenvalue weighted by molar-refractivity contribution is 0.415. The first-order chi connectivity index (χ1) is 14.0. The normalized spacial score (nSPS) is 14.8. The highest BCUT2D eigenvalue weighted by atomic mass is 35.5. The topological polar surface area (TPSA) is 84.4 Å². The molecule has 7 nitrogen and oxygen atoms in total. The number of aromatic nitrogens is 2. The van der Waals surface area contributed by atoms with Crippen LogP contribution in [0.5, 0.6) is 5.75 Å². The first-order valence-electron chi connectivity index (χ1n) is 9.35. The smallest absolute Gasteiger partial charge is 0.263 e. The van der Waals surface area contributed by atoms with E-state index in [1.807, 2.05) is 0 Å². The van der Waals surface area contributed by atoms with Crippen molar-refractivity contribution in [2.24, 2.45) is 0 Å². The molecule has 1 aliphatic rings. The number of nitrogens with zero attached hydrogens (tertiary/aromatic N) is 3. The molecule has 1 fully saturated rings. The van der Waals surface area contributed by atoms with Gasteiger partial charge >= 0.3 is 0 Å². The molecule has 152 valence electrons. The summed E-state index contributed by atoms with van der Waals surface area (Å²) in [4.78, 5) is 11.5. The molecule has 0 radical (unpaired) electrons. The largest absolute Gasteiger partial charge is 0.497 e. The number of hydrogen-bond donors (Lipinski definition) is 1. The number of hydrogen-bond acceptors (Lipinski definition) is 6. The van der Waals surface area contributed by atoms with Gasteiger partial charge in [0, 0.05) is 24.2 Å². The number of fused-ring (bicyclic) bond motifs is 1. The number of ether oxygens (including phenoxy) is 1. The Hall–Kier alpha value is -2.58. The van der Waals surface area contributed by atoms with Crippen molar-refractivity contribution in [1.82, 2.24) is 9.97 Å². The Labute approximate surface area is 174 Å². The predicted octanol–water partition coefficient (Wildman–Crippen LogP) is 4.08. The van der Waals surface area contributed by atoms with Gasteiger partial charge in [0.2, 0.25) is 0 Å². The van der Waals surface area contributed by atoms with Crippen LogP contribution in [0.25, 0.3) is 11.0 Å². The first-order valence-corrected chi connectivity index (χ1v) is 11.2. The Morgan fingerprint density at radius 2 is 1.72 bits per heavy atom. The lowest BCUT2D eigenvalue weighted by atomic mass is 10.1. The van der Waals surface area contributed by atoms with Gasteiger partial charge in [-0.3, -0.25) is 4.72 Å². The molecule has 0 spiro atoms. The summed E-state index contributed by atoms with van der Waals surface area (Å²) in [6.07, 6.45) is 3.21. The minimum Gasteiger partial charge on any atom is -0.497 e. The van der Waals surface area contributed by atoms with Crippen LogP contribution in [0, 0.1) is 0 Å². The van der Waals surface area contributed by atoms with E-state index in [1.165, 1.54) is 12.1 Å². The number of halogens is 1. The molecular formula is C20H21ClN4O3S. The van der Waals surface area contributed by atoms with Gasteiger partial charge in [-0.05, 0) is 55.7 Å². The average Bonchev–Trinajstić information content (AvgIpc) is 2.73. The van der Waals surface area contributed by atoms with E-state index in [0.29, 0.717) is 27.6 Å². The van der Waals surface area contributed by atoms with Crippen LogP contribution in [0.3, 0.4) is 0 Å². The molecule has 1 aromatic heterocycles. The summed E-state index contributed by atoms with van der Waals surface area (Å²) < 4.78 is 33.8. The quantitative estimate of drug-likeness (QED) is 0.653. The number of methoxy groups -OCH3 is 1. The summed E-state index contributed by atoms with van der Waals surface area (Å²) in [7, 11) is -2.24. The molecule has 1 aliphatic heterocycles. The van der Waals surface area contributed by atoms with Crippen molar-refractivity contribution in [1.29, 1.82) is 0 Å². The maximum Gasteiger partial charge on any atom is 0.263 e. The van der Waals surface area contributed by atoms with Crippen molar-refractivity contribution in [3.8, 4) is 5.75 Å². The molecule has 1 saturated heterocycles. The van der Waals surface area contributed by atoms with Crippen molar-refractivity contribution in [2.75, 3.05) is 29.8 Å². The zero-order valence-corrected chi connectivity index (χ0v) is 17.5. The van der Waals surface area contributed by atoms with Crippen LogP contribution in [-0.2, 0) is 10.0 Å². The van der Waals surface area contributed by atoms with E-state index in [1.54, 1.807) is 37.4 Å². The van der Waals surface area contributed by atoms with Crippen molar-refractivity contribution >= 4 is 44.3 Å². The number of nitrogens with one attached hydrogen (secondary N) is 1. The van der Waals surface area contributed by atoms with Crippen LogP contribution in [0.2, 0.25) is 5.02 Å². The fourth-order valence-electron chi connectivity index (χ4n) is 3.35. The molecule has 0 bridgehead atoms. The fraction of sp³-hybridized carbons (Fsp3) is 0.300. The molecule has 1 N–H and O–H groups in total. The molecular weight excluding hydrogens is 412 g/mol. The molecule has 3 aromatic rings. The lowest BCUT2D eigenvalue weighted by Gasteiger charge is -2.29. The van der Waals surface area contributed by atoms with Crippen molar-refractivity contribution in [2.45, 2.75) is 24.2 Å². The SMILES string of the molecule is COc1ccc2nc(NS(=O)(=O)c3ccc(Cl)cc3)c(N3CCCCC3)nc2c1. The Morgan fingerprint density at radius 1 is 1.00 bits per heavy atom. The van der Waals surface area contributed by atoms with E-state index in [4.69, 9.17) is 21.3 Å². The number of benzene rings is 2. The van der Waals surface area contributed by atoms with Gasteiger partial charge in [0.15, 0.2) is 11.6 Å². The van der Waals surface area contributed by atoms with Gasteiger partial charge in [0.05, 0.1) is 23.0 Å². The van der Waals surface area contributed by atoms with Gasteiger partial charge in [-0.25, -0.2) is 18.4 Å². The third-order valence-electron chi connectivity index (χ3n) is 4.86. The summed E-state index contributed by atoms with van der Waals surface area (Å²) in [5.74, 6) is 1.42. The number of sulfonamides is 1. The van der Waals surface area contributed by atoms with E-state index in [9.17, 15) is 8.42 Å². The van der Waals surface area contributed by atoms with E-state index in [2.05, 4.69) is 14.6 Å². The summed E-state index contributed by atoms with van der Waals surface area (Å²) >= 11 is 5.88. The summed E-state index contributed by atoms with van der Waals surface area (Å²) in [5, 5.41) is 0.470. The summed E-state index contributed by atoms with van der Waals surface area (Å²) in [6, 6.07) is 11.3. The Morgan fingerprint density at radius 3 is 2.41 bits per heavy atom. The van der Waals surface area contributed by atoms with E-state index < -0.39 is 10.0 Å². The predicted molar refractivity (Wildman–Crippen MR) is 114 cm³/mol. The monoisotopic (exact) mass is 432 g/mol. The minimum absolute atomic E-state index is 0.114. The molecule has 0 saturated carbocycles. The third-order valence-corrected chi connectivity index (χ3v) is 6.47. The second-order valence-electron chi connectivity index (χ2n) is 6.86. The van der Waals surface area contributed by atoms with Crippen LogP contribution in [0.4, 0.5) is 11.6 Å². The maximum atomic E-state index is 12.9.